The number of anilines is 3. The first-order valence-electron chi connectivity index (χ1n) is 20.0. The van der Waals surface area contributed by atoms with E-state index in [1.807, 2.05) is 0 Å². The Balaban J connectivity index is 1.12. The van der Waals surface area contributed by atoms with Crippen molar-refractivity contribution in [3.05, 3.63) is 181 Å². The minimum absolute atomic E-state index is 0.0472. The monoisotopic (exact) mass is 694 g/mol. The number of benzene rings is 7. The van der Waals surface area contributed by atoms with Crippen LogP contribution < -0.4 is 4.90 Å². The third-order valence-electron chi connectivity index (χ3n) is 13.9. The molecule has 1 aromatic heterocycles. The molecule has 54 heavy (non-hydrogen) atoms. The second kappa shape index (κ2) is 11.6. The molecule has 0 amide bonds. The van der Waals surface area contributed by atoms with Crippen LogP contribution in [0.5, 0.6) is 0 Å². The second-order valence-electron chi connectivity index (χ2n) is 16.6. The summed E-state index contributed by atoms with van der Waals surface area (Å²) in [4.78, 5) is 2.61. The fraction of sp³-hybridized carbons (Fsp3) is 0.192. The van der Waals surface area contributed by atoms with E-state index in [1.54, 1.807) is 11.1 Å². The van der Waals surface area contributed by atoms with Gasteiger partial charge in [0.2, 0.25) is 0 Å². The highest BCUT2D eigenvalue weighted by atomic mass is 15.1. The van der Waals surface area contributed by atoms with Gasteiger partial charge in [-0.1, -0.05) is 115 Å². The summed E-state index contributed by atoms with van der Waals surface area (Å²) >= 11 is 0. The number of hydrogen-bond acceptors (Lipinski definition) is 1. The van der Waals surface area contributed by atoms with Gasteiger partial charge in [-0.05, 0) is 144 Å². The number of hydrogen-bond donors (Lipinski definition) is 0. The van der Waals surface area contributed by atoms with Crippen LogP contribution in [0.15, 0.2) is 170 Å². The molecule has 4 fully saturated rings. The average molecular weight is 695 g/mol. The smallest absolute Gasteiger partial charge is 0.0542 e. The van der Waals surface area contributed by atoms with E-state index in [0.717, 1.165) is 11.8 Å². The van der Waals surface area contributed by atoms with E-state index in [1.165, 1.54) is 98.9 Å². The highest BCUT2D eigenvalue weighted by Gasteiger charge is 2.62. The Hall–Kier alpha value is -5.86. The maximum atomic E-state index is 2.61. The van der Waals surface area contributed by atoms with E-state index < -0.39 is 0 Å². The molecular formula is C52H42N2. The summed E-state index contributed by atoms with van der Waals surface area (Å²) in [5.41, 5.74) is 16.0. The number of para-hydroxylation sites is 2. The van der Waals surface area contributed by atoms with E-state index in [9.17, 15) is 0 Å². The number of rotatable bonds is 5. The minimum Gasteiger partial charge on any atom is -0.310 e. The van der Waals surface area contributed by atoms with Crippen LogP contribution in [0.1, 0.15) is 43.2 Å². The summed E-state index contributed by atoms with van der Waals surface area (Å²) in [5, 5.41) is 2.55. The molecule has 0 radical (unpaired) electrons. The lowest BCUT2D eigenvalue weighted by Crippen LogP contribution is -2.55. The van der Waals surface area contributed by atoms with Gasteiger partial charge in [0.05, 0.1) is 16.7 Å². The van der Waals surface area contributed by atoms with E-state index >= 15 is 0 Å². The van der Waals surface area contributed by atoms with Gasteiger partial charge in [0.1, 0.15) is 0 Å². The maximum Gasteiger partial charge on any atom is 0.0542 e. The van der Waals surface area contributed by atoms with E-state index in [4.69, 9.17) is 0 Å². The minimum atomic E-state index is 0.0472. The normalized spacial score (nSPS) is 23.3. The van der Waals surface area contributed by atoms with Crippen molar-refractivity contribution in [3.8, 4) is 27.9 Å². The first-order valence-corrected chi connectivity index (χ1v) is 20.0. The molecule has 4 saturated carbocycles. The quantitative estimate of drug-likeness (QED) is 0.174. The Bertz CT molecular complexity index is 2690. The number of fused-ring (bicyclic) bond motifs is 6. The van der Waals surface area contributed by atoms with Crippen LogP contribution in [0.25, 0.3) is 49.7 Å². The summed E-state index contributed by atoms with van der Waals surface area (Å²) < 4.78 is 2.42. The largest absolute Gasteiger partial charge is 0.310 e. The zero-order chi connectivity index (χ0) is 35.4. The fourth-order valence-electron chi connectivity index (χ4n) is 12.2. The fourth-order valence-corrected chi connectivity index (χ4v) is 12.2. The van der Waals surface area contributed by atoms with Crippen molar-refractivity contribution in [2.75, 3.05) is 4.90 Å². The maximum absolute atomic E-state index is 2.61. The Morgan fingerprint density at radius 3 is 1.85 bits per heavy atom. The molecule has 1 spiro atoms. The van der Waals surface area contributed by atoms with Gasteiger partial charge < -0.3 is 9.47 Å². The third-order valence-corrected chi connectivity index (χ3v) is 13.9. The standard InChI is InChI=1S/C52H42N2/c1-3-12-36(13-4-1)37-22-24-41(25-23-37)53(42-26-27-49-46(33-42)44-17-8-10-20-48(44)54(49)40-14-5-2-6-15-40)50-21-11-18-45-43-16-7-9-19-47(43)52(51(45)50)38-29-34-28-35(31-38)32-39(52)30-34/h1-27,33-35,38-39H,28-32H2. The van der Waals surface area contributed by atoms with Crippen molar-refractivity contribution in [3.63, 3.8) is 0 Å². The van der Waals surface area contributed by atoms with Crippen molar-refractivity contribution < 1.29 is 0 Å². The van der Waals surface area contributed by atoms with Gasteiger partial charge >= 0.3 is 0 Å². The molecule has 0 aliphatic heterocycles. The van der Waals surface area contributed by atoms with Crippen LogP contribution in [-0.4, -0.2) is 4.57 Å². The van der Waals surface area contributed by atoms with Crippen molar-refractivity contribution in [2.24, 2.45) is 23.7 Å². The molecule has 5 aliphatic carbocycles. The van der Waals surface area contributed by atoms with Crippen molar-refractivity contribution in [1.82, 2.24) is 4.57 Å². The summed E-state index contributed by atoms with van der Waals surface area (Å²) in [6, 6.07) is 63.7. The molecule has 0 saturated heterocycles. The van der Waals surface area contributed by atoms with E-state index in [-0.39, 0.29) is 5.41 Å². The molecule has 5 aliphatic rings. The summed E-state index contributed by atoms with van der Waals surface area (Å²) in [5.74, 6) is 3.16. The van der Waals surface area contributed by atoms with Gasteiger partial charge in [0.25, 0.3) is 0 Å². The topological polar surface area (TPSA) is 8.17 Å². The molecular weight excluding hydrogens is 653 g/mol. The van der Waals surface area contributed by atoms with Crippen LogP contribution in [0.4, 0.5) is 17.1 Å². The predicted molar refractivity (Wildman–Crippen MR) is 224 cm³/mol. The number of aromatic nitrogens is 1. The van der Waals surface area contributed by atoms with E-state index in [2.05, 4.69) is 179 Å². The zero-order valence-corrected chi connectivity index (χ0v) is 30.4. The highest BCUT2D eigenvalue weighted by Crippen LogP contribution is 2.71. The Kier molecular flexibility index (Phi) is 6.55. The Labute approximate surface area is 317 Å². The van der Waals surface area contributed by atoms with Crippen LogP contribution in [-0.2, 0) is 5.41 Å². The molecule has 13 rings (SSSR count). The van der Waals surface area contributed by atoms with Crippen LogP contribution in [0, 0.1) is 23.7 Å². The van der Waals surface area contributed by atoms with Gasteiger partial charge in [-0.3, -0.25) is 0 Å². The molecule has 2 heteroatoms. The first kappa shape index (κ1) is 30.6. The lowest BCUT2D eigenvalue weighted by molar-refractivity contribution is -0.0397. The summed E-state index contributed by atoms with van der Waals surface area (Å²) in [6.45, 7) is 0. The Morgan fingerprint density at radius 2 is 1.07 bits per heavy atom. The highest BCUT2D eigenvalue weighted by molar-refractivity contribution is 6.11. The first-order chi connectivity index (χ1) is 26.8. The zero-order valence-electron chi connectivity index (χ0n) is 30.4. The average Bonchev–Trinajstić information content (AvgIpc) is 3.72. The van der Waals surface area contributed by atoms with Gasteiger partial charge in [-0.2, -0.15) is 0 Å². The lowest BCUT2D eigenvalue weighted by Gasteiger charge is -2.61. The SMILES string of the molecule is c1ccc(-c2ccc(N(c3ccc4c(c3)c3ccccc3n4-c3ccccc3)c3cccc4c3C3(c5ccccc5-4)C4CC5CC(C4)CC3C5)cc2)cc1. The molecule has 4 bridgehead atoms. The molecule has 0 unspecified atom stereocenters. The summed E-state index contributed by atoms with van der Waals surface area (Å²) in [6.07, 6.45) is 6.92. The van der Waals surface area contributed by atoms with Gasteiger partial charge in [0.15, 0.2) is 0 Å². The van der Waals surface area contributed by atoms with Crippen LogP contribution >= 0.6 is 0 Å². The third kappa shape index (κ3) is 4.23. The van der Waals surface area contributed by atoms with Gasteiger partial charge in [-0.25, -0.2) is 0 Å². The van der Waals surface area contributed by atoms with Gasteiger partial charge in [-0.15, -0.1) is 0 Å². The van der Waals surface area contributed by atoms with Crippen molar-refractivity contribution >= 4 is 38.9 Å². The van der Waals surface area contributed by atoms with E-state index in [0.29, 0.717) is 11.8 Å². The molecule has 8 aromatic rings. The molecule has 7 aromatic carbocycles. The van der Waals surface area contributed by atoms with Gasteiger partial charge in [0, 0.05) is 33.2 Å². The molecule has 0 N–H and O–H groups in total. The number of nitrogens with zero attached hydrogens (tertiary/aromatic N) is 2. The lowest BCUT2D eigenvalue weighted by atomic mass is 9.43. The van der Waals surface area contributed by atoms with Crippen LogP contribution in [0.3, 0.4) is 0 Å². The molecule has 0 atom stereocenters. The molecule has 1 heterocycles. The van der Waals surface area contributed by atoms with Crippen molar-refractivity contribution in [2.45, 2.75) is 37.5 Å². The molecule has 2 nitrogen and oxygen atoms in total. The second-order valence-corrected chi connectivity index (χ2v) is 16.6. The Morgan fingerprint density at radius 1 is 0.463 bits per heavy atom. The molecule has 260 valence electrons. The summed E-state index contributed by atoms with van der Waals surface area (Å²) in [7, 11) is 0. The van der Waals surface area contributed by atoms with Crippen LogP contribution in [0.2, 0.25) is 0 Å². The van der Waals surface area contributed by atoms with Crippen molar-refractivity contribution in [1.29, 1.82) is 0 Å². The predicted octanol–water partition coefficient (Wildman–Crippen LogP) is 13.6.